The van der Waals surface area contributed by atoms with Crippen molar-refractivity contribution >= 4 is 27.5 Å². The molecule has 2 aromatic rings. The number of halogens is 2. The number of rotatable bonds is 4. The smallest absolute Gasteiger partial charge is 0.281 e. The molecular weight excluding hydrogens is 320 g/mol. The molecule has 6 heteroatoms. The van der Waals surface area contributed by atoms with Gasteiger partial charge in [0.05, 0.1) is 18.8 Å². The Morgan fingerprint density at radius 2 is 2.06 bits per heavy atom. The van der Waals surface area contributed by atoms with E-state index in [1.807, 2.05) is 12.1 Å². The van der Waals surface area contributed by atoms with E-state index in [9.17, 15) is 4.79 Å². The van der Waals surface area contributed by atoms with Crippen LogP contribution in [0.25, 0.3) is 0 Å². The van der Waals surface area contributed by atoms with Crippen molar-refractivity contribution in [2.75, 3.05) is 7.11 Å². The van der Waals surface area contributed by atoms with E-state index in [0.29, 0.717) is 22.6 Å². The number of nitrogens with zero attached hydrogens (tertiary/aromatic N) is 1. The number of aromatic nitrogens is 2. The van der Waals surface area contributed by atoms with Crippen LogP contribution in [0.1, 0.15) is 11.3 Å². The summed E-state index contributed by atoms with van der Waals surface area (Å²) in [7, 11) is 1.58. The van der Waals surface area contributed by atoms with Crippen LogP contribution < -0.4 is 5.56 Å². The number of hydrogen-bond donors (Lipinski definition) is 1. The summed E-state index contributed by atoms with van der Waals surface area (Å²) in [6, 6.07) is 7.38. The van der Waals surface area contributed by atoms with E-state index < -0.39 is 0 Å². The second kappa shape index (κ2) is 5.73. The normalized spacial score (nSPS) is 10.8. The minimum Gasteiger partial charge on any atom is -0.378 e. The average Bonchev–Trinajstić information content (AvgIpc) is 2.61. The monoisotopic (exact) mass is 330 g/mol. The number of H-pyrrole nitrogens is 1. The quantitative estimate of drug-likeness (QED) is 0.936. The highest BCUT2D eigenvalue weighted by Gasteiger charge is 2.11. The fourth-order valence-electron chi connectivity index (χ4n) is 1.63. The van der Waals surface area contributed by atoms with E-state index in [-0.39, 0.29) is 5.56 Å². The van der Waals surface area contributed by atoms with Crippen LogP contribution in [0, 0.1) is 0 Å². The maximum atomic E-state index is 11.9. The van der Waals surface area contributed by atoms with Crippen LogP contribution in [0.5, 0.6) is 0 Å². The molecule has 0 aliphatic carbocycles. The first kappa shape index (κ1) is 13.4. The van der Waals surface area contributed by atoms with Crippen molar-refractivity contribution in [2.24, 2.45) is 0 Å². The molecule has 96 valence electrons. The molecule has 0 aliphatic heterocycles. The highest BCUT2D eigenvalue weighted by Crippen LogP contribution is 2.13. The molecule has 1 heterocycles. The van der Waals surface area contributed by atoms with Gasteiger partial charge in [0.25, 0.3) is 5.56 Å². The molecule has 0 atom stereocenters. The Balaban J connectivity index is 2.26. The summed E-state index contributed by atoms with van der Waals surface area (Å²) >= 11 is 9.08. The van der Waals surface area contributed by atoms with E-state index in [1.54, 1.807) is 19.2 Å². The number of ether oxygens (including phenoxy) is 1. The predicted octanol–water partition coefficient (Wildman–Crippen LogP) is 2.79. The van der Waals surface area contributed by atoms with Gasteiger partial charge in [-0.15, -0.1) is 0 Å². The zero-order chi connectivity index (χ0) is 13.1. The molecule has 0 fully saturated rings. The van der Waals surface area contributed by atoms with Crippen LogP contribution in [0.2, 0.25) is 5.02 Å². The minimum atomic E-state index is -0.1000. The lowest BCUT2D eigenvalue weighted by atomic mass is 10.2. The third-order valence-electron chi connectivity index (χ3n) is 2.51. The number of nitrogens with one attached hydrogen (secondary N) is 1. The maximum absolute atomic E-state index is 11.9. The Hall–Kier alpha value is -1.04. The van der Waals surface area contributed by atoms with Gasteiger partial charge in [0.15, 0.2) is 0 Å². The van der Waals surface area contributed by atoms with Gasteiger partial charge in [-0.2, -0.15) is 0 Å². The molecule has 18 heavy (non-hydrogen) atoms. The molecular formula is C12H12BrClN2O2. The number of hydrogen-bond acceptors (Lipinski definition) is 2. The lowest BCUT2D eigenvalue weighted by molar-refractivity contribution is 0.180. The Kier molecular flexibility index (Phi) is 4.27. The summed E-state index contributed by atoms with van der Waals surface area (Å²) < 4.78 is 7.05. The van der Waals surface area contributed by atoms with Crippen LogP contribution in [-0.4, -0.2) is 16.9 Å². The number of benzene rings is 1. The van der Waals surface area contributed by atoms with Crippen LogP contribution in [-0.2, 0) is 17.9 Å². The van der Waals surface area contributed by atoms with Gasteiger partial charge in [-0.05, 0) is 33.6 Å². The highest BCUT2D eigenvalue weighted by atomic mass is 79.9. The summed E-state index contributed by atoms with van der Waals surface area (Å²) in [5, 5.41) is 3.69. The minimum absolute atomic E-state index is 0.1000. The van der Waals surface area contributed by atoms with E-state index in [1.165, 1.54) is 4.68 Å². The Morgan fingerprint density at radius 3 is 2.67 bits per heavy atom. The number of aromatic amines is 1. The molecule has 4 nitrogen and oxygen atoms in total. The molecule has 1 aromatic carbocycles. The SMILES string of the molecule is COCc1[nH]n(Cc2ccc(Cl)cc2)c(=O)c1Br. The fraction of sp³-hybridized carbons (Fsp3) is 0.250. The lowest BCUT2D eigenvalue weighted by Gasteiger charge is -2.02. The van der Waals surface area contributed by atoms with Crippen molar-refractivity contribution in [3.63, 3.8) is 0 Å². The third kappa shape index (κ3) is 2.85. The van der Waals surface area contributed by atoms with Gasteiger partial charge >= 0.3 is 0 Å². The van der Waals surface area contributed by atoms with Crippen LogP contribution in [0.4, 0.5) is 0 Å². The van der Waals surface area contributed by atoms with E-state index in [4.69, 9.17) is 16.3 Å². The van der Waals surface area contributed by atoms with Crippen molar-refractivity contribution in [1.82, 2.24) is 9.78 Å². The van der Waals surface area contributed by atoms with Gasteiger partial charge < -0.3 is 4.74 Å². The Labute approximate surface area is 118 Å². The lowest BCUT2D eigenvalue weighted by Crippen LogP contribution is -2.17. The maximum Gasteiger partial charge on any atom is 0.281 e. The molecule has 1 aromatic heterocycles. The first-order valence-corrected chi connectivity index (χ1v) is 6.49. The van der Waals surface area contributed by atoms with Crippen molar-refractivity contribution in [2.45, 2.75) is 13.2 Å². The Bertz CT molecular complexity index is 589. The summed E-state index contributed by atoms with van der Waals surface area (Å²) in [6.45, 7) is 0.835. The molecule has 0 spiro atoms. The third-order valence-corrected chi connectivity index (χ3v) is 3.58. The van der Waals surface area contributed by atoms with Crippen molar-refractivity contribution in [1.29, 1.82) is 0 Å². The highest BCUT2D eigenvalue weighted by molar-refractivity contribution is 9.10. The van der Waals surface area contributed by atoms with Gasteiger partial charge in [-0.25, -0.2) is 4.68 Å². The zero-order valence-electron chi connectivity index (χ0n) is 9.74. The van der Waals surface area contributed by atoms with Crippen LogP contribution >= 0.6 is 27.5 Å². The molecule has 0 saturated heterocycles. The molecule has 0 aliphatic rings. The predicted molar refractivity (Wildman–Crippen MR) is 74.0 cm³/mol. The molecule has 0 unspecified atom stereocenters. The first-order chi connectivity index (χ1) is 8.61. The average molecular weight is 332 g/mol. The van der Waals surface area contributed by atoms with E-state index in [2.05, 4.69) is 21.0 Å². The topological polar surface area (TPSA) is 47.0 Å². The second-order valence-corrected chi connectivity index (χ2v) is 5.08. The molecule has 2 rings (SSSR count). The van der Waals surface area contributed by atoms with Gasteiger partial charge in [-0.3, -0.25) is 9.89 Å². The van der Waals surface area contributed by atoms with Gasteiger partial charge in [-0.1, -0.05) is 23.7 Å². The second-order valence-electron chi connectivity index (χ2n) is 3.86. The van der Waals surface area contributed by atoms with Crippen LogP contribution in [0.15, 0.2) is 33.5 Å². The largest absolute Gasteiger partial charge is 0.378 e. The first-order valence-electron chi connectivity index (χ1n) is 5.32. The standard InChI is InChI=1S/C12H12BrClN2O2/c1-18-7-10-11(13)12(17)16(15-10)6-8-2-4-9(14)5-3-8/h2-5,15H,6-7H2,1H3. The Morgan fingerprint density at radius 1 is 1.39 bits per heavy atom. The summed E-state index contributed by atoms with van der Waals surface area (Å²) in [5.41, 5.74) is 1.63. The summed E-state index contributed by atoms with van der Waals surface area (Å²) in [4.78, 5) is 11.9. The number of methoxy groups -OCH3 is 1. The molecule has 1 N–H and O–H groups in total. The van der Waals surface area contributed by atoms with Gasteiger partial charge in [0, 0.05) is 12.1 Å². The summed E-state index contributed by atoms with van der Waals surface area (Å²) in [5.74, 6) is 0. The van der Waals surface area contributed by atoms with Crippen molar-refractivity contribution in [3.05, 3.63) is 55.4 Å². The molecule has 0 amide bonds. The van der Waals surface area contributed by atoms with Crippen molar-refractivity contribution in [3.8, 4) is 0 Å². The van der Waals surface area contributed by atoms with E-state index in [0.717, 1.165) is 11.3 Å². The zero-order valence-corrected chi connectivity index (χ0v) is 12.1. The van der Waals surface area contributed by atoms with E-state index >= 15 is 0 Å². The fourth-order valence-corrected chi connectivity index (χ4v) is 2.18. The van der Waals surface area contributed by atoms with Crippen molar-refractivity contribution < 1.29 is 4.74 Å². The van der Waals surface area contributed by atoms with Gasteiger partial charge in [0.1, 0.15) is 4.47 Å². The molecule has 0 saturated carbocycles. The van der Waals surface area contributed by atoms with Crippen LogP contribution in [0.3, 0.4) is 0 Å². The summed E-state index contributed by atoms with van der Waals surface area (Å²) in [6.07, 6.45) is 0. The molecule has 0 bridgehead atoms. The molecule has 0 radical (unpaired) electrons. The van der Waals surface area contributed by atoms with Gasteiger partial charge in [0.2, 0.25) is 0 Å².